The molecule has 0 radical (unpaired) electrons. The number of aromatic hydroxyl groups is 1. The number of carboxylic acid groups (broad SMARTS) is 1. The van der Waals surface area contributed by atoms with Gasteiger partial charge in [0.2, 0.25) is 5.91 Å². The van der Waals surface area contributed by atoms with E-state index < -0.39 is 11.9 Å². The molecule has 0 aliphatic carbocycles. The van der Waals surface area contributed by atoms with E-state index in [4.69, 9.17) is 5.11 Å². The Labute approximate surface area is 111 Å². The Bertz CT molecular complexity index is 469. The summed E-state index contributed by atoms with van der Waals surface area (Å²) >= 11 is 0. The topological polar surface area (TPSA) is 77.8 Å². The van der Waals surface area contributed by atoms with Gasteiger partial charge >= 0.3 is 5.97 Å². The third kappa shape index (κ3) is 3.47. The Morgan fingerprint density at radius 3 is 2.58 bits per heavy atom. The number of amides is 1. The van der Waals surface area contributed by atoms with Crippen molar-refractivity contribution in [3.63, 3.8) is 0 Å². The molecule has 1 aromatic carbocycles. The molecule has 5 nitrogen and oxygen atoms in total. The van der Waals surface area contributed by atoms with Crippen molar-refractivity contribution in [3.8, 4) is 5.75 Å². The summed E-state index contributed by atoms with van der Waals surface area (Å²) in [6.45, 7) is 0.924. The second kappa shape index (κ2) is 5.73. The fourth-order valence-electron chi connectivity index (χ4n) is 2.31. The molecule has 0 unspecified atom stereocenters. The monoisotopic (exact) mass is 263 g/mol. The van der Waals surface area contributed by atoms with E-state index >= 15 is 0 Å². The van der Waals surface area contributed by atoms with E-state index in [1.165, 1.54) is 0 Å². The summed E-state index contributed by atoms with van der Waals surface area (Å²) in [6, 6.07) is 6.48. The molecular weight excluding hydrogens is 246 g/mol. The van der Waals surface area contributed by atoms with Gasteiger partial charge in [0.15, 0.2) is 0 Å². The number of hydrogen-bond acceptors (Lipinski definition) is 3. The van der Waals surface area contributed by atoms with E-state index in [0.29, 0.717) is 19.5 Å². The van der Waals surface area contributed by atoms with E-state index in [-0.39, 0.29) is 18.1 Å². The first-order valence-electron chi connectivity index (χ1n) is 6.35. The molecule has 2 N–H and O–H groups in total. The fourth-order valence-corrected chi connectivity index (χ4v) is 2.31. The van der Waals surface area contributed by atoms with Gasteiger partial charge in [0.05, 0.1) is 12.3 Å². The maximum Gasteiger partial charge on any atom is 0.308 e. The molecule has 0 aromatic heterocycles. The van der Waals surface area contributed by atoms with Crippen molar-refractivity contribution in [2.75, 3.05) is 13.1 Å². The number of carbonyl (C=O) groups excluding carboxylic acids is 1. The molecule has 1 amide bonds. The molecule has 0 bridgehead atoms. The van der Waals surface area contributed by atoms with E-state index in [1.54, 1.807) is 29.2 Å². The Balaban J connectivity index is 1.96. The zero-order valence-corrected chi connectivity index (χ0v) is 10.6. The van der Waals surface area contributed by atoms with E-state index in [1.807, 2.05) is 0 Å². The first kappa shape index (κ1) is 13.4. The SMILES string of the molecule is O=C(O)[C@@H]1CCCN(C(=O)Cc2ccc(O)cc2)C1. The van der Waals surface area contributed by atoms with Gasteiger partial charge < -0.3 is 15.1 Å². The largest absolute Gasteiger partial charge is 0.508 e. The lowest BCUT2D eigenvalue weighted by Gasteiger charge is -2.30. The maximum atomic E-state index is 12.1. The second-order valence-electron chi connectivity index (χ2n) is 4.86. The Kier molecular flexibility index (Phi) is 4.04. The van der Waals surface area contributed by atoms with Crippen molar-refractivity contribution in [3.05, 3.63) is 29.8 Å². The third-order valence-corrected chi connectivity index (χ3v) is 3.42. The summed E-state index contributed by atoms with van der Waals surface area (Å²) in [4.78, 5) is 24.7. The molecule has 0 saturated carbocycles. The number of benzene rings is 1. The third-order valence-electron chi connectivity index (χ3n) is 3.42. The first-order valence-corrected chi connectivity index (χ1v) is 6.35. The highest BCUT2D eigenvalue weighted by molar-refractivity contribution is 5.80. The lowest BCUT2D eigenvalue weighted by Crippen LogP contribution is -2.42. The molecule has 1 atom stereocenters. The molecule has 1 aliphatic rings. The molecule has 102 valence electrons. The van der Waals surface area contributed by atoms with E-state index in [2.05, 4.69) is 0 Å². The molecule has 5 heteroatoms. The van der Waals surface area contributed by atoms with Gasteiger partial charge in [-0.05, 0) is 30.5 Å². The summed E-state index contributed by atoms with van der Waals surface area (Å²) in [5, 5.41) is 18.2. The number of aliphatic carboxylic acids is 1. The van der Waals surface area contributed by atoms with Crippen LogP contribution in [0.1, 0.15) is 18.4 Å². The molecule has 0 spiro atoms. The zero-order chi connectivity index (χ0) is 13.8. The van der Waals surface area contributed by atoms with Crippen LogP contribution in [0.3, 0.4) is 0 Å². The van der Waals surface area contributed by atoms with Crippen molar-refractivity contribution in [2.45, 2.75) is 19.3 Å². The van der Waals surface area contributed by atoms with Gasteiger partial charge in [0.1, 0.15) is 5.75 Å². The van der Waals surface area contributed by atoms with Crippen LogP contribution in [0, 0.1) is 5.92 Å². The summed E-state index contributed by atoms with van der Waals surface area (Å²) in [6.07, 6.45) is 1.61. The van der Waals surface area contributed by atoms with Crippen LogP contribution in [0.2, 0.25) is 0 Å². The molecule has 1 heterocycles. The van der Waals surface area contributed by atoms with Crippen LogP contribution < -0.4 is 0 Å². The first-order chi connectivity index (χ1) is 9.06. The van der Waals surface area contributed by atoms with Gasteiger partial charge in [-0.3, -0.25) is 9.59 Å². The summed E-state index contributed by atoms with van der Waals surface area (Å²) < 4.78 is 0. The van der Waals surface area contributed by atoms with Crippen LogP contribution in [0.25, 0.3) is 0 Å². The van der Waals surface area contributed by atoms with Gasteiger partial charge in [0.25, 0.3) is 0 Å². The van der Waals surface area contributed by atoms with Gasteiger partial charge in [-0.1, -0.05) is 12.1 Å². The molecule has 19 heavy (non-hydrogen) atoms. The highest BCUT2D eigenvalue weighted by Crippen LogP contribution is 2.18. The van der Waals surface area contributed by atoms with Crippen molar-refractivity contribution in [1.29, 1.82) is 0 Å². The predicted molar refractivity (Wildman–Crippen MR) is 68.8 cm³/mol. The summed E-state index contributed by atoms with van der Waals surface area (Å²) in [5.74, 6) is -1.17. The van der Waals surface area contributed by atoms with E-state index in [9.17, 15) is 14.7 Å². The number of hydrogen-bond donors (Lipinski definition) is 2. The molecule has 2 rings (SSSR count). The minimum Gasteiger partial charge on any atom is -0.508 e. The highest BCUT2D eigenvalue weighted by Gasteiger charge is 2.27. The fraction of sp³-hybridized carbons (Fsp3) is 0.429. The van der Waals surface area contributed by atoms with Crippen LogP contribution >= 0.6 is 0 Å². The maximum absolute atomic E-state index is 12.1. The van der Waals surface area contributed by atoms with Crippen LogP contribution in [0.4, 0.5) is 0 Å². The number of likely N-dealkylation sites (tertiary alicyclic amines) is 1. The molecule has 1 fully saturated rings. The zero-order valence-electron chi connectivity index (χ0n) is 10.6. The minimum absolute atomic E-state index is 0.0587. The molecule has 1 aliphatic heterocycles. The number of phenols is 1. The highest BCUT2D eigenvalue weighted by atomic mass is 16.4. The van der Waals surface area contributed by atoms with Crippen LogP contribution in [0.5, 0.6) is 5.75 Å². The van der Waals surface area contributed by atoms with Gasteiger partial charge in [-0.2, -0.15) is 0 Å². The normalized spacial score (nSPS) is 19.2. The molecule has 1 aromatic rings. The molecular formula is C14H17NO4. The van der Waals surface area contributed by atoms with Crippen molar-refractivity contribution >= 4 is 11.9 Å². The van der Waals surface area contributed by atoms with Gasteiger partial charge in [-0.15, -0.1) is 0 Å². The second-order valence-corrected chi connectivity index (χ2v) is 4.86. The Morgan fingerprint density at radius 2 is 1.95 bits per heavy atom. The van der Waals surface area contributed by atoms with E-state index in [0.717, 1.165) is 12.0 Å². The van der Waals surface area contributed by atoms with Crippen molar-refractivity contribution in [1.82, 2.24) is 4.90 Å². The quantitative estimate of drug-likeness (QED) is 0.860. The predicted octanol–water partition coefficient (Wildman–Crippen LogP) is 1.26. The number of phenolic OH excluding ortho intramolecular Hbond substituents is 1. The number of piperidine rings is 1. The standard InChI is InChI=1S/C14H17NO4/c16-12-5-3-10(4-6-12)8-13(17)15-7-1-2-11(9-15)14(18)19/h3-6,11,16H,1-2,7-9H2,(H,18,19)/t11-/m1/s1. The lowest BCUT2D eigenvalue weighted by molar-refractivity contribution is -0.145. The van der Waals surface area contributed by atoms with Crippen molar-refractivity contribution in [2.24, 2.45) is 5.92 Å². The number of carbonyl (C=O) groups is 2. The number of nitrogens with zero attached hydrogens (tertiary/aromatic N) is 1. The smallest absolute Gasteiger partial charge is 0.308 e. The number of rotatable bonds is 3. The van der Waals surface area contributed by atoms with Crippen LogP contribution in [-0.4, -0.2) is 40.1 Å². The van der Waals surface area contributed by atoms with Gasteiger partial charge in [0, 0.05) is 13.1 Å². The molecule has 1 saturated heterocycles. The average molecular weight is 263 g/mol. The lowest BCUT2D eigenvalue weighted by atomic mass is 9.97. The van der Waals surface area contributed by atoms with Crippen molar-refractivity contribution < 1.29 is 19.8 Å². The van der Waals surface area contributed by atoms with Crippen LogP contribution in [-0.2, 0) is 16.0 Å². The average Bonchev–Trinajstić information content (AvgIpc) is 2.41. The number of carboxylic acids is 1. The minimum atomic E-state index is -0.831. The summed E-state index contributed by atoms with van der Waals surface area (Å²) in [5.41, 5.74) is 0.820. The Hall–Kier alpha value is -2.04. The van der Waals surface area contributed by atoms with Gasteiger partial charge in [-0.25, -0.2) is 0 Å². The summed E-state index contributed by atoms with van der Waals surface area (Å²) in [7, 11) is 0. The van der Waals surface area contributed by atoms with Crippen LogP contribution in [0.15, 0.2) is 24.3 Å². The Morgan fingerprint density at radius 1 is 1.26 bits per heavy atom.